The summed E-state index contributed by atoms with van der Waals surface area (Å²) < 4.78 is 17.4. The third-order valence-electron chi connectivity index (χ3n) is 5.18. The average Bonchev–Trinajstić information content (AvgIpc) is 3.34. The number of imidazole rings is 1. The molecule has 0 aliphatic carbocycles. The lowest BCUT2D eigenvalue weighted by Crippen LogP contribution is -2.33. The van der Waals surface area contributed by atoms with Crippen molar-refractivity contribution >= 4 is 17.0 Å². The molecule has 3 aromatic rings. The number of hydrogen-bond donors (Lipinski definition) is 5. The molecule has 2 aromatic heterocycles. The average molecular weight is 433 g/mol. The van der Waals surface area contributed by atoms with E-state index in [1.165, 1.54) is 31.4 Å². The van der Waals surface area contributed by atoms with E-state index in [2.05, 4.69) is 20.3 Å². The standard InChI is InChI=1S/C19H23N5O7/c1-29-10-3-9(14(26)11(4-10)30-2)5-20-17-13-18(22-7-21-17)24(8-23-13)19-16(28)15(27)12(6-25)31-19/h3-4,7-8,12,15-16,19,25-28H,5-6H2,1-2H3,(H,20,21,22)/t12-,15-,16-,19?/m1/s1. The Morgan fingerprint density at radius 1 is 1.13 bits per heavy atom. The molecule has 0 radical (unpaired) electrons. The fourth-order valence-corrected chi connectivity index (χ4v) is 3.50. The summed E-state index contributed by atoms with van der Waals surface area (Å²) in [7, 11) is 2.96. The largest absolute Gasteiger partial charge is 0.504 e. The molecule has 166 valence electrons. The van der Waals surface area contributed by atoms with Gasteiger partial charge >= 0.3 is 0 Å². The smallest absolute Gasteiger partial charge is 0.167 e. The number of aliphatic hydroxyl groups is 3. The van der Waals surface area contributed by atoms with Gasteiger partial charge in [-0.15, -0.1) is 0 Å². The fourth-order valence-electron chi connectivity index (χ4n) is 3.50. The van der Waals surface area contributed by atoms with Crippen molar-refractivity contribution in [2.45, 2.75) is 31.1 Å². The van der Waals surface area contributed by atoms with Crippen LogP contribution in [0.4, 0.5) is 5.82 Å². The molecule has 3 heterocycles. The maximum atomic E-state index is 10.4. The van der Waals surface area contributed by atoms with E-state index in [1.807, 2.05) is 0 Å². The lowest BCUT2D eigenvalue weighted by atomic mass is 10.1. The van der Waals surface area contributed by atoms with Gasteiger partial charge in [-0.25, -0.2) is 15.0 Å². The number of rotatable bonds is 7. The third kappa shape index (κ3) is 3.70. The SMILES string of the molecule is COc1cc(CNc2ncnc3c2ncn3C2O[C@H](CO)[C@@H](O)[C@H]2O)c(O)c(OC)c1. The molecule has 31 heavy (non-hydrogen) atoms. The Morgan fingerprint density at radius 3 is 2.61 bits per heavy atom. The van der Waals surface area contributed by atoms with Crippen molar-refractivity contribution in [1.29, 1.82) is 0 Å². The molecule has 1 aromatic carbocycles. The number of hydrogen-bond acceptors (Lipinski definition) is 11. The quantitative estimate of drug-likeness (QED) is 0.334. The molecule has 1 aliphatic rings. The predicted molar refractivity (Wildman–Crippen MR) is 107 cm³/mol. The van der Waals surface area contributed by atoms with Gasteiger partial charge in [0.15, 0.2) is 34.7 Å². The second-order valence-electron chi connectivity index (χ2n) is 6.97. The maximum absolute atomic E-state index is 10.4. The summed E-state index contributed by atoms with van der Waals surface area (Å²) in [6, 6.07) is 3.24. The molecular formula is C19H23N5O7. The van der Waals surface area contributed by atoms with Crippen LogP contribution < -0.4 is 14.8 Å². The highest BCUT2D eigenvalue weighted by Crippen LogP contribution is 2.35. The number of methoxy groups -OCH3 is 2. The molecule has 1 saturated heterocycles. The molecule has 1 aliphatic heterocycles. The monoisotopic (exact) mass is 433 g/mol. The summed E-state index contributed by atoms with van der Waals surface area (Å²) in [6.45, 7) is -0.247. The molecule has 12 heteroatoms. The zero-order chi connectivity index (χ0) is 22.1. The van der Waals surface area contributed by atoms with E-state index in [4.69, 9.17) is 14.2 Å². The number of anilines is 1. The minimum Gasteiger partial charge on any atom is -0.504 e. The van der Waals surface area contributed by atoms with Crippen molar-refractivity contribution in [2.24, 2.45) is 0 Å². The highest BCUT2D eigenvalue weighted by molar-refractivity contribution is 5.82. The molecule has 1 fully saturated rings. The molecule has 4 atom stereocenters. The van der Waals surface area contributed by atoms with Crippen LogP contribution in [-0.2, 0) is 11.3 Å². The summed E-state index contributed by atoms with van der Waals surface area (Å²) >= 11 is 0. The Balaban J connectivity index is 1.61. The van der Waals surface area contributed by atoms with E-state index < -0.39 is 31.1 Å². The third-order valence-corrected chi connectivity index (χ3v) is 5.18. The van der Waals surface area contributed by atoms with Crippen molar-refractivity contribution in [3.05, 3.63) is 30.4 Å². The summed E-state index contributed by atoms with van der Waals surface area (Å²) in [5.41, 5.74) is 1.28. The van der Waals surface area contributed by atoms with Gasteiger partial charge in [0.25, 0.3) is 0 Å². The lowest BCUT2D eigenvalue weighted by molar-refractivity contribution is -0.0511. The number of fused-ring (bicyclic) bond motifs is 1. The van der Waals surface area contributed by atoms with Gasteiger partial charge in [-0.3, -0.25) is 4.57 Å². The lowest BCUT2D eigenvalue weighted by Gasteiger charge is -2.16. The molecule has 1 unspecified atom stereocenters. The number of phenolic OH excluding ortho intramolecular Hbond substituents is 1. The topological polar surface area (TPSA) is 164 Å². The second kappa shape index (κ2) is 8.51. The Kier molecular flexibility index (Phi) is 5.78. The summed E-state index contributed by atoms with van der Waals surface area (Å²) in [6.07, 6.45) is -1.65. The van der Waals surface area contributed by atoms with Crippen LogP contribution >= 0.6 is 0 Å². The van der Waals surface area contributed by atoms with Gasteiger partial charge in [0.05, 0.1) is 27.2 Å². The number of aliphatic hydroxyl groups excluding tert-OH is 3. The van der Waals surface area contributed by atoms with E-state index in [9.17, 15) is 20.4 Å². The van der Waals surface area contributed by atoms with E-state index in [0.717, 1.165) is 0 Å². The van der Waals surface area contributed by atoms with Crippen molar-refractivity contribution in [2.75, 3.05) is 26.1 Å². The Morgan fingerprint density at radius 2 is 1.94 bits per heavy atom. The summed E-state index contributed by atoms with van der Waals surface area (Å²) in [5.74, 6) is 1.15. The first-order chi connectivity index (χ1) is 15.0. The molecule has 4 rings (SSSR count). The van der Waals surface area contributed by atoms with Crippen LogP contribution in [0.1, 0.15) is 11.8 Å². The number of aromatic hydroxyl groups is 1. The van der Waals surface area contributed by atoms with Gasteiger partial charge in [-0.1, -0.05) is 0 Å². The van der Waals surface area contributed by atoms with E-state index in [0.29, 0.717) is 28.3 Å². The Bertz CT molecular complexity index is 1080. The van der Waals surface area contributed by atoms with Gasteiger partial charge in [-0.2, -0.15) is 0 Å². The van der Waals surface area contributed by atoms with Crippen molar-refractivity contribution in [3.63, 3.8) is 0 Å². The molecule has 0 amide bonds. The van der Waals surface area contributed by atoms with Crippen molar-refractivity contribution in [1.82, 2.24) is 19.5 Å². The van der Waals surface area contributed by atoms with Crippen LogP contribution in [-0.4, -0.2) is 79.1 Å². The van der Waals surface area contributed by atoms with Gasteiger partial charge in [0.1, 0.15) is 30.4 Å². The molecule has 0 saturated carbocycles. The second-order valence-corrected chi connectivity index (χ2v) is 6.97. The van der Waals surface area contributed by atoms with Crippen LogP contribution in [0.15, 0.2) is 24.8 Å². The van der Waals surface area contributed by atoms with Gasteiger partial charge in [-0.05, 0) is 6.07 Å². The minimum atomic E-state index is -1.26. The highest BCUT2D eigenvalue weighted by atomic mass is 16.6. The molecule has 0 spiro atoms. The molecule has 12 nitrogen and oxygen atoms in total. The predicted octanol–water partition coefficient (Wildman–Crippen LogP) is -0.227. The normalized spacial score (nSPS) is 23.3. The molecule has 5 N–H and O–H groups in total. The fraction of sp³-hybridized carbons (Fsp3) is 0.421. The molecular weight excluding hydrogens is 410 g/mol. The van der Waals surface area contributed by atoms with E-state index in [1.54, 1.807) is 12.1 Å². The van der Waals surface area contributed by atoms with E-state index >= 15 is 0 Å². The number of benzene rings is 1. The number of nitrogens with one attached hydrogen (secondary N) is 1. The van der Waals surface area contributed by atoms with Gasteiger partial charge < -0.3 is 40.0 Å². The van der Waals surface area contributed by atoms with Gasteiger partial charge in [0, 0.05) is 18.2 Å². The highest BCUT2D eigenvalue weighted by Gasteiger charge is 2.44. The maximum Gasteiger partial charge on any atom is 0.167 e. The zero-order valence-corrected chi connectivity index (χ0v) is 16.8. The van der Waals surface area contributed by atoms with Crippen LogP contribution in [0.25, 0.3) is 11.2 Å². The number of nitrogens with zero attached hydrogens (tertiary/aromatic N) is 4. The van der Waals surface area contributed by atoms with E-state index in [-0.39, 0.29) is 18.0 Å². The number of phenols is 1. The minimum absolute atomic E-state index is 0.0295. The Hall–Kier alpha value is -3.19. The van der Waals surface area contributed by atoms with Crippen molar-refractivity contribution in [3.8, 4) is 17.2 Å². The van der Waals surface area contributed by atoms with Crippen LogP contribution in [0, 0.1) is 0 Å². The first-order valence-electron chi connectivity index (χ1n) is 9.46. The van der Waals surface area contributed by atoms with Crippen LogP contribution in [0.5, 0.6) is 17.2 Å². The zero-order valence-electron chi connectivity index (χ0n) is 16.8. The van der Waals surface area contributed by atoms with Crippen LogP contribution in [0.3, 0.4) is 0 Å². The first-order valence-corrected chi connectivity index (χ1v) is 9.46. The van der Waals surface area contributed by atoms with Crippen molar-refractivity contribution < 1.29 is 34.6 Å². The summed E-state index contributed by atoms with van der Waals surface area (Å²) in [5, 5.41) is 43.1. The molecule has 0 bridgehead atoms. The Labute approximate surface area is 176 Å². The summed E-state index contributed by atoms with van der Waals surface area (Å²) in [4.78, 5) is 12.7. The number of aromatic nitrogens is 4. The first kappa shape index (κ1) is 21.1. The number of ether oxygens (including phenoxy) is 3. The van der Waals surface area contributed by atoms with Crippen LogP contribution in [0.2, 0.25) is 0 Å². The van der Waals surface area contributed by atoms with Gasteiger partial charge in [0.2, 0.25) is 0 Å².